The SMILES string of the molecule is COc1ccccc1N(C)C(=O)N[C@@H](C)C(=O)O. The van der Waals surface area contributed by atoms with Crippen molar-refractivity contribution in [1.82, 2.24) is 5.32 Å². The molecular weight excluding hydrogens is 236 g/mol. The quantitative estimate of drug-likeness (QED) is 0.847. The molecule has 0 saturated heterocycles. The van der Waals surface area contributed by atoms with Crippen molar-refractivity contribution in [3.63, 3.8) is 0 Å². The normalized spacial score (nSPS) is 11.5. The lowest BCUT2D eigenvalue weighted by molar-refractivity contribution is -0.138. The van der Waals surface area contributed by atoms with Crippen molar-refractivity contribution >= 4 is 17.7 Å². The first-order valence-electron chi connectivity index (χ1n) is 5.37. The molecule has 0 aliphatic carbocycles. The van der Waals surface area contributed by atoms with Crippen molar-refractivity contribution in [2.24, 2.45) is 0 Å². The number of nitrogens with zero attached hydrogens (tertiary/aromatic N) is 1. The first-order valence-corrected chi connectivity index (χ1v) is 5.37. The lowest BCUT2D eigenvalue weighted by Crippen LogP contribution is -2.45. The number of rotatable bonds is 4. The molecule has 6 heteroatoms. The average Bonchev–Trinajstić information content (AvgIpc) is 2.37. The van der Waals surface area contributed by atoms with Crippen molar-refractivity contribution in [3.05, 3.63) is 24.3 Å². The summed E-state index contributed by atoms with van der Waals surface area (Å²) in [5, 5.41) is 11.1. The molecule has 0 unspecified atom stereocenters. The fraction of sp³-hybridized carbons (Fsp3) is 0.333. The summed E-state index contributed by atoms with van der Waals surface area (Å²) in [6.45, 7) is 1.40. The van der Waals surface area contributed by atoms with Crippen LogP contribution in [-0.2, 0) is 4.79 Å². The highest BCUT2D eigenvalue weighted by Crippen LogP contribution is 2.26. The van der Waals surface area contributed by atoms with Gasteiger partial charge in [-0.15, -0.1) is 0 Å². The number of nitrogens with one attached hydrogen (secondary N) is 1. The zero-order chi connectivity index (χ0) is 13.7. The second kappa shape index (κ2) is 5.90. The maximum Gasteiger partial charge on any atom is 0.325 e. The molecule has 2 N–H and O–H groups in total. The molecule has 1 rings (SSSR count). The molecule has 18 heavy (non-hydrogen) atoms. The summed E-state index contributed by atoms with van der Waals surface area (Å²) in [5.41, 5.74) is 0.565. The average molecular weight is 252 g/mol. The van der Waals surface area contributed by atoms with Gasteiger partial charge < -0.3 is 15.2 Å². The second-order valence-corrected chi connectivity index (χ2v) is 3.74. The van der Waals surface area contributed by atoms with Crippen LogP contribution in [0.25, 0.3) is 0 Å². The largest absolute Gasteiger partial charge is 0.495 e. The third-order valence-corrected chi connectivity index (χ3v) is 2.46. The molecule has 98 valence electrons. The Balaban J connectivity index is 2.83. The van der Waals surface area contributed by atoms with Gasteiger partial charge in [-0.2, -0.15) is 0 Å². The van der Waals surface area contributed by atoms with Crippen LogP contribution in [0.1, 0.15) is 6.92 Å². The Morgan fingerprint density at radius 1 is 1.39 bits per heavy atom. The Hall–Kier alpha value is -2.24. The molecule has 1 aromatic rings. The number of carboxylic acid groups (broad SMARTS) is 1. The number of carbonyl (C=O) groups is 2. The van der Waals surface area contributed by atoms with Gasteiger partial charge in [0.2, 0.25) is 0 Å². The smallest absolute Gasteiger partial charge is 0.325 e. The molecule has 0 aromatic heterocycles. The second-order valence-electron chi connectivity index (χ2n) is 3.74. The number of urea groups is 1. The summed E-state index contributed by atoms with van der Waals surface area (Å²) in [4.78, 5) is 23.8. The van der Waals surface area contributed by atoms with Crippen LogP contribution in [0.5, 0.6) is 5.75 Å². The van der Waals surface area contributed by atoms with Crippen LogP contribution in [0.4, 0.5) is 10.5 Å². The molecule has 0 aliphatic heterocycles. The molecule has 0 bridgehead atoms. The lowest BCUT2D eigenvalue weighted by Gasteiger charge is -2.21. The molecule has 6 nitrogen and oxygen atoms in total. The summed E-state index contributed by atoms with van der Waals surface area (Å²) >= 11 is 0. The van der Waals surface area contributed by atoms with Crippen LogP contribution < -0.4 is 15.0 Å². The van der Waals surface area contributed by atoms with E-state index >= 15 is 0 Å². The number of anilines is 1. The maximum absolute atomic E-state index is 11.8. The van der Waals surface area contributed by atoms with Crippen LogP contribution in [0.15, 0.2) is 24.3 Å². The summed E-state index contributed by atoms with van der Waals surface area (Å²) in [7, 11) is 3.05. The molecule has 0 aliphatic rings. The van der Waals surface area contributed by atoms with Crippen LogP contribution in [-0.4, -0.2) is 37.3 Å². The van der Waals surface area contributed by atoms with Gasteiger partial charge in [0.05, 0.1) is 12.8 Å². The van der Waals surface area contributed by atoms with Crippen molar-refractivity contribution in [2.45, 2.75) is 13.0 Å². The number of methoxy groups -OCH3 is 1. The molecule has 0 radical (unpaired) electrons. The lowest BCUT2D eigenvalue weighted by atomic mass is 10.2. The molecule has 0 heterocycles. The Bertz CT molecular complexity index is 447. The summed E-state index contributed by atoms with van der Waals surface area (Å²) < 4.78 is 5.13. The Kier molecular flexibility index (Phi) is 4.53. The van der Waals surface area contributed by atoms with E-state index in [0.717, 1.165) is 0 Å². The molecule has 1 atom stereocenters. The van der Waals surface area contributed by atoms with E-state index in [1.54, 1.807) is 31.3 Å². The third kappa shape index (κ3) is 3.13. The number of amides is 2. The van der Waals surface area contributed by atoms with Crippen molar-refractivity contribution in [1.29, 1.82) is 0 Å². The van der Waals surface area contributed by atoms with Gasteiger partial charge in [0.25, 0.3) is 0 Å². The van der Waals surface area contributed by atoms with E-state index in [-0.39, 0.29) is 0 Å². The topological polar surface area (TPSA) is 78.9 Å². The summed E-state index contributed by atoms with van der Waals surface area (Å²) in [6, 6.07) is 5.53. The van der Waals surface area contributed by atoms with Gasteiger partial charge in [0.1, 0.15) is 11.8 Å². The van der Waals surface area contributed by atoms with E-state index in [0.29, 0.717) is 11.4 Å². The molecule has 0 fully saturated rings. The molecule has 0 saturated carbocycles. The van der Waals surface area contributed by atoms with Gasteiger partial charge in [0.15, 0.2) is 0 Å². The van der Waals surface area contributed by atoms with Gasteiger partial charge in [-0.3, -0.25) is 9.69 Å². The Labute approximate surface area is 105 Å². The van der Waals surface area contributed by atoms with Crippen LogP contribution >= 0.6 is 0 Å². The number of hydrogen-bond donors (Lipinski definition) is 2. The van der Waals surface area contributed by atoms with Gasteiger partial charge in [-0.25, -0.2) is 4.79 Å². The zero-order valence-corrected chi connectivity index (χ0v) is 10.5. The Morgan fingerprint density at radius 2 is 2.00 bits per heavy atom. The number of carbonyl (C=O) groups excluding carboxylic acids is 1. The molecule has 1 aromatic carbocycles. The molecule has 0 spiro atoms. The fourth-order valence-corrected chi connectivity index (χ4v) is 1.36. The van der Waals surface area contributed by atoms with Crippen LogP contribution in [0.3, 0.4) is 0 Å². The third-order valence-electron chi connectivity index (χ3n) is 2.46. The minimum absolute atomic E-state index is 0.505. The zero-order valence-electron chi connectivity index (χ0n) is 10.5. The van der Waals surface area contributed by atoms with Crippen molar-refractivity contribution in [3.8, 4) is 5.75 Å². The minimum atomic E-state index is -1.09. The standard InChI is InChI=1S/C12H16N2O4/c1-8(11(15)16)13-12(17)14(2)9-6-4-5-7-10(9)18-3/h4-8H,1-3H3,(H,13,17)(H,15,16)/t8-/m0/s1. The number of aliphatic carboxylic acids is 1. The van der Waals surface area contributed by atoms with Gasteiger partial charge in [-0.1, -0.05) is 12.1 Å². The predicted octanol–water partition coefficient (Wildman–Crippen LogP) is 1.31. The number of hydrogen-bond acceptors (Lipinski definition) is 3. The van der Waals surface area contributed by atoms with Gasteiger partial charge >= 0.3 is 12.0 Å². The van der Waals surface area contributed by atoms with E-state index in [9.17, 15) is 9.59 Å². The highest BCUT2D eigenvalue weighted by Gasteiger charge is 2.19. The van der Waals surface area contributed by atoms with Crippen molar-refractivity contribution in [2.75, 3.05) is 19.1 Å². The molecule has 2 amide bonds. The van der Waals surface area contributed by atoms with Crippen molar-refractivity contribution < 1.29 is 19.4 Å². The number of para-hydroxylation sites is 2. The summed E-state index contributed by atoms with van der Waals surface area (Å²) in [5.74, 6) is -0.546. The Morgan fingerprint density at radius 3 is 2.56 bits per heavy atom. The van der Waals surface area contributed by atoms with Crippen LogP contribution in [0.2, 0.25) is 0 Å². The maximum atomic E-state index is 11.8. The van der Waals surface area contributed by atoms with E-state index in [1.165, 1.54) is 18.9 Å². The van der Waals surface area contributed by atoms with E-state index in [1.807, 2.05) is 0 Å². The summed E-state index contributed by atoms with van der Waals surface area (Å²) in [6.07, 6.45) is 0. The number of ether oxygens (including phenoxy) is 1. The monoisotopic (exact) mass is 252 g/mol. The first kappa shape index (κ1) is 13.8. The predicted molar refractivity (Wildman–Crippen MR) is 67.0 cm³/mol. The van der Waals surface area contributed by atoms with E-state index in [2.05, 4.69) is 5.32 Å². The fourth-order valence-electron chi connectivity index (χ4n) is 1.36. The number of benzene rings is 1. The van der Waals surface area contributed by atoms with Gasteiger partial charge in [0, 0.05) is 7.05 Å². The highest BCUT2D eigenvalue weighted by molar-refractivity contribution is 5.95. The minimum Gasteiger partial charge on any atom is -0.495 e. The highest BCUT2D eigenvalue weighted by atomic mass is 16.5. The molecular formula is C12H16N2O4. The van der Waals surface area contributed by atoms with E-state index in [4.69, 9.17) is 9.84 Å². The van der Waals surface area contributed by atoms with Crippen LogP contribution in [0, 0.1) is 0 Å². The van der Waals surface area contributed by atoms with Gasteiger partial charge in [-0.05, 0) is 19.1 Å². The van der Waals surface area contributed by atoms with E-state index < -0.39 is 18.0 Å². The number of carboxylic acids is 1. The first-order chi connectivity index (χ1) is 8.47.